The van der Waals surface area contributed by atoms with Crippen LogP contribution in [0.4, 0.5) is 0 Å². The molecule has 0 saturated carbocycles. The third-order valence-electron chi connectivity index (χ3n) is 2.65. The molecule has 2 heterocycles. The van der Waals surface area contributed by atoms with Gasteiger partial charge in [0.15, 0.2) is 0 Å². The monoisotopic (exact) mass is 238 g/mol. The van der Waals surface area contributed by atoms with E-state index in [1.54, 1.807) is 16.2 Å². The lowest BCUT2D eigenvalue weighted by molar-refractivity contribution is -0.130. The molecular formula is C11H14N2O2S. The Morgan fingerprint density at radius 2 is 2.31 bits per heavy atom. The zero-order valence-corrected chi connectivity index (χ0v) is 9.76. The predicted octanol–water partition coefficient (Wildman–Crippen LogP) is 0.639. The summed E-state index contributed by atoms with van der Waals surface area (Å²) in [6, 6.07) is 2.07. The van der Waals surface area contributed by atoms with Crippen LogP contribution in [0.1, 0.15) is 12.0 Å². The highest BCUT2D eigenvalue weighted by molar-refractivity contribution is 7.07. The first kappa shape index (κ1) is 11.1. The van der Waals surface area contributed by atoms with E-state index in [4.69, 9.17) is 0 Å². The van der Waals surface area contributed by atoms with Crippen molar-refractivity contribution in [2.45, 2.75) is 12.8 Å². The largest absolute Gasteiger partial charge is 0.347 e. The Labute approximate surface area is 98.3 Å². The minimum atomic E-state index is -0.0358. The molecule has 5 heteroatoms. The van der Waals surface area contributed by atoms with Crippen LogP contribution in [-0.4, -0.2) is 36.3 Å². The van der Waals surface area contributed by atoms with Gasteiger partial charge >= 0.3 is 0 Å². The molecule has 4 nitrogen and oxygen atoms in total. The number of nitrogens with zero attached hydrogens (tertiary/aromatic N) is 1. The van der Waals surface area contributed by atoms with Crippen LogP contribution in [0.2, 0.25) is 0 Å². The average Bonchev–Trinajstić information content (AvgIpc) is 2.73. The molecule has 1 aliphatic heterocycles. The number of thiophene rings is 1. The van der Waals surface area contributed by atoms with Gasteiger partial charge in [-0.1, -0.05) is 0 Å². The van der Waals surface area contributed by atoms with Crippen LogP contribution in [0, 0.1) is 0 Å². The molecule has 0 atom stereocenters. The number of nitrogens with one attached hydrogen (secondary N) is 1. The zero-order valence-electron chi connectivity index (χ0n) is 8.94. The standard InChI is InChI=1S/C11H14N2O2S/c14-10-2-5-13(11(15)7-12-10)4-1-9-3-6-16-8-9/h3,6,8H,1-2,4-5,7H2,(H,12,14). The van der Waals surface area contributed by atoms with Crippen molar-refractivity contribution in [1.82, 2.24) is 10.2 Å². The van der Waals surface area contributed by atoms with Gasteiger partial charge in [-0.25, -0.2) is 0 Å². The quantitative estimate of drug-likeness (QED) is 0.840. The summed E-state index contributed by atoms with van der Waals surface area (Å²) in [6.45, 7) is 1.38. The molecule has 1 fully saturated rings. The Morgan fingerprint density at radius 3 is 3.06 bits per heavy atom. The molecule has 86 valence electrons. The number of hydrogen-bond acceptors (Lipinski definition) is 3. The maximum absolute atomic E-state index is 11.6. The molecule has 0 spiro atoms. The summed E-state index contributed by atoms with van der Waals surface area (Å²) in [4.78, 5) is 24.5. The van der Waals surface area contributed by atoms with Crippen LogP contribution < -0.4 is 5.32 Å². The van der Waals surface area contributed by atoms with Crippen molar-refractivity contribution in [1.29, 1.82) is 0 Å². The van der Waals surface area contributed by atoms with Crippen molar-refractivity contribution >= 4 is 23.2 Å². The molecule has 0 aliphatic carbocycles. The normalized spacial score (nSPS) is 17.1. The second kappa shape index (κ2) is 5.12. The highest BCUT2D eigenvalue weighted by atomic mass is 32.1. The summed E-state index contributed by atoms with van der Waals surface area (Å²) in [5.41, 5.74) is 1.25. The van der Waals surface area contributed by atoms with Crippen molar-refractivity contribution in [3.63, 3.8) is 0 Å². The van der Waals surface area contributed by atoms with E-state index in [1.165, 1.54) is 5.56 Å². The molecule has 0 unspecified atom stereocenters. The first-order valence-electron chi connectivity index (χ1n) is 5.31. The number of rotatable bonds is 3. The van der Waals surface area contributed by atoms with E-state index in [-0.39, 0.29) is 18.4 Å². The van der Waals surface area contributed by atoms with E-state index < -0.39 is 0 Å². The Hall–Kier alpha value is -1.36. The second-order valence-corrected chi connectivity index (χ2v) is 4.57. The summed E-state index contributed by atoms with van der Waals surface area (Å²) in [6.07, 6.45) is 1.28. The van der Waals surface area contributed by atoms with Crippen molar-refractivity contribution in [3.8, 4) is 0 Å². The average molecular weight is 238 g/mol. The van der Waals surface area contributed by atoms with Crippen LogP contribution in [0.25, 0.3) is 0 Å². The SMILES string of the molecule is O=C1CCN(CCc2ccsc2)C(=O)CN1. The summed E-state index contributed by atoms with van der Waals surface area (Å²) < 4.78 is 0. The first-order valence-corrected chi connectivity index (χ1v) is 6.25. The van der Waals surface area contributed by atoms with Crippen LogP contribution >= 0.6 is 11.3 Å². The predicted molar refractivity (Wildman–Crippen MR) is 62.2 cm³/mol. The minimum Gasteiger partial charge on any atom is -0.347 e. The van der Waals surface area contributed by atoms with E-state index in [9.17, 15) is 9.59 Å². The smallest absolute Gasteiger partial charge is 0.241 e. The van der Waals surface area contributed by atoms with Crippen molar-refractivity contribution in [2.75, 3.05) is 19.6 Å². The molecular weight excluding hydrogens is 224 g/mol. The van der Waals surface area contributed by atoms with E-state index >= 15 is 0 Å². The molecule has 16 heavy (non-hydrogen) atoms. The first-order chi connectivity index (χ1) is 7.75. The number of hydrogen-bond donors (Lipinski definition) is 1. The highest BCUT2D eigenvalue weighted by Crippen LogP contribution is 2.08. The van der Waals surface area contributed by atoms with Crippen molar-refractivity contribution in [2.24, 2.45) is 0 Å². The van der Waals surface area contributed by atoms with Gasteiger partial charge in [0, 0.05) is 19.5 Å². The van der Waals surface area contributed by atoms with Gasteiger partial charge < -0.3 is 10.2 Å². The summed E-state index contributed by atoms with van der Waals surface area (Å²) >= 11 is 1.66. The van der Waals surface area contributed by atoms with Crippen LogP contribution in [-0.2, 0) is 16.0 Å². The zero-order chi connectivity index (χ0) is 11.4. The number of carbonyl (C=O) groups excluding carboxylic acids is 2. The lowest BCUT2D eigenvalue weighted by atomic mass is 10.2. The minimum absolute atomic E-state index is 0.0149. The molecule has 0 bridgehead atoms. The molecule has 0 aromatic carbocycles. The van der Waals surface area contributed by atoms with Crippen molar-refractivity contribution in [3.05, 3.63) is 22.4 Å². The third-order valence-corrected chi connectivity index (χ3v) is 3.38. The Bertz CT molecular complexity index is 375. The van der Waals surface area contributed by atoms with Gasteiger partial charge in [0.2, 0.25) is 11.8 Å². The molecule has 0 radical (unpaired) electrons. The topological polar surface area (TPSA) is 49.4 Å². The fraction of sp³-hybridized carbons (Fsp3) is 0.455. The van der Waals surface area contributed by atoms with E-state index in [0.717, 1.165) is 6.42 Å². The Balaban J connectivity index is 1.88. The maximum atomic E-state index is 11.6. The van der Waals surface area contributed by atoms with Gasteiger partial charge in [0.1, 0.15) is 0 Å². The van der Waals surface area contributed by atoms with Crippen molar-refractivity contribution < 1.29 is 9.59 Å². The van der Waals surface area contributed by atoms with Gasteiger partial charge in [-0.05, 0) is 28.8 Å². The molecule has 2 amide bonds. The maximum Gasteiger partial charge on any atom is 0.241 e. The Morgan fingerprint density at radius 1 is 1.44 bits per heavy atom. The molecule has 1 aliphatic rings. The summed E-state index contributed by atoms with van der Waals surface area (Å²) in [5, 5.41) is 6.71. The van der Waals surface area contributed by atoms with E-state index in [0.29, 0.717) is 19.5 Å². The van der Waals surface area contributed by atoms with Crippen LogP contribution in [0.3, 0.4) is 0 Å². The Kier molecular flexibility index (Phi) is 3.56. The van der Waals surface area contributed by atoms with Gasteiger partial charge in [-0.3, -0.25) is 9.59 Å². The number of carbonyl (C=O) groups is 2. The van der Waals surface area contributed by atoms with Gasteiger partial charge in [0.25, 0.3) is 0 Å². The highest BCUT2D eigenvalue weighted by Gasteiger charge is 2.19. The second-order valence-electron chi connectivity index (χ2n) is 3.79. The van der Waals surface area contributed by atoms with Gasteiger partial charge in [-0.15, -0.1) is 0 Å². The van der Waals surface area contributed by atoms with E-state index in [2.05, 4.69) is 16.8 Å². The lowest BCUT2D eigenvalue weighted by Crippen LogP contribution is -2.36. The molecule has 2 rings (SSSR count). The molecule has 1 aromatic rings. The summed E-state index contributed by atoms with van der Waals surface area (Å²) in [5.74, 6) is -0.0209. The number of amides is 2. The molecule has 1 saturated heterocycles. The van der Waals surface area contributed by atoms with Gasteiger partial charge in [0.05, 0.1) is 6.54 Å². The lowest BCUT2D eigenvalue weighted by Gasteiger charge is -2.19. The molecule has 1 aromatic heterocycles. The van der Waals surface area contributed by atoms with Gasteiger partial charge in [-0.2, -0.15) is 11.3 Å². The van der Waals surface area contributed by atoms with E-state index in [1.807, 2.05) is 5.38 Å². The van der Waals surface area contributed by atoms with Crippen LogP contribution in [0.15, 0.2) is 16.8 Å². The summed E-state index contributed by atoms with van der Waals surface area (Å²) in [7, 11) is 0. The van der Waals surface area contributed by atoms with Crippen LogP contribution in [0.5, 0.6) is 0 Å². The fourth-order valence-electron chi connectivity index (χ4n) is 1.67. The molecule has 1 N–H and O–H groups in total. The third kappa shape index (κ3) is 2.82. The fourth-order valence-corrected chi connectivity index (χ4v) is 2.37.